The third-order valence-corrected chi connectivity index (χ3v) is 1.98. The van der Waals surface area contributed by atoms with Gasteiger partial charge in [-0.3, -0.25) is 14.6 Å². The zero-order valence-corrected chi connectivity index (χ0v) is 7.02. The van der Waals surface area contributed by atoms with Crippen LogP contribution in [0.25, 0.3) is 5.76 Å². The van der Waals surface area contributed by atoms with E-state index in [1.807, 2.05) is 0 Å². The van der Waals surface area contributed by atoms with Crippen molar-refractivity contribution in [1.82, 2.24) is 4.98 Å². The summed E-state index contributed by atoms with van der Waals surface area (Å²) in [6.07, 6.45) is 1.41. The van der Waals surface area contributed by atoms with E-state index in [1.54, 1.807) is 0 Å². The van der Waals surface area contributed by atoms with Gasteiger partial charge in [0, 0.05) is 6.20 Å². The fraction of sp³-hybridized carbons (Fsp3) is 0. The average molecular weight is 190 g/mol. The SMILES string of the molecule is NC1=C(O)c2ncccc2C(=O)C1=O. The maximum Gasteiger partial charge on any atom is 0.253 e. The maximum absolute atomic E-state index is 11.4. The Morgan fingerprint density at radius 3 is 2.71 bits per heavy atom. The van der Waals surface area contributed by atoms with Crippen molar-refractivity contribution in [2.75, 3.05) is 0 Å². The number of aliphatic hydroxyl groups excluding tert-OH is 1. The molecule has 0 bridgehead atoms. The first kappa shape index (κ1) is 8.43. The Kier molecular flexibility index (Phi) is 1.60. The average Bonchev–Trinajstić information content (AvgIpc) is 2.23. The predicted octanol–water partition coefficient (Wildman–Crippen LogP) is 0.0323. The second-order valence-electron chi connectivity index (χ2n) is 2.82. The number of nitrogens with zero attached hydrogens (tertiary/aromatic N) is 1. The smallest absolute Gasteiger partial charge is 0.253 e. The third-order valence-electron chi connectivity index (χ3n) is 1.98. The van der Waals surface area contributed by atoms with Crippen LogP contribution in [0.15, 0.2) is 24.0 Å². The van der Waals surface area contributed by atoms with Gasteiger partial charge in [0.25, 0.3) is 5.78 Å². The maximum atomic E-state index is 11.4. The number of fused-ring (bicyclic) bond motifs is 1. The van der Waals surface area contributed by atoms with Gasteiger partial charge in [-0.05, 0) is 12.1 Å². The van der Waals surface area contributed by atoms with Gasteiger partial charge < -0.3 is 10.8 Å². The minimum absolute atomic E-state index is 0.0644. The molecular weight excluding hydrogens is 184 g/mol. The summed E-state index contributed by atoms with van der Waals surface area (Å²) in [5, 5.41) is 9.44. The highest BCUT2D eigenvalue weighted by Gasteiger charge is 2.31. The second kappa shape index (κ2) is 2.66. The van der Waals surface area contributed by atoms with Gasteiger partial charge in [-0.25, -0.2) is 0 Å². The number of allylic oxidation sites excluding steroid dienone is 1. The van der Waals surface area contributed by atoms with Gasteiger partial charge in [-0.1, -0.05) is 0 Å². The monoisotopic (exact) mass is 190 g/mol. The Bertz CT molecular complexity index is 477. The molecule has 1 aromatic heterocycles. The molecule has 2 rings (SSSR count). The molecule has 0 unspecified atom stereocenters. The molecule has 0 spiro atoms. The Balaban J connectivity index is 2.78. The van der Waals surface area contributed by atoms with Crippen molar-refractivity contribution in [2.45, 2.75) is 0 Å². The van der Waals surface area contributed by atoms with E-state index in [0.29, 0.717) is 0 Å². The summed E-state index contributed by atoms with van der Waals surface area (Å²) in [6.45, 7) is 0. The van der Waals surface area contributed by atoms with Crippen molar-refractivity contribution in [3.05, 3.63) is 35.3 Å². The molecule has 1 heterocycles. The molecule has 0 aliphatic heterocycles. The van der Waals surface area contributed by atoms with E-state index in [9.17, 15) is 14.7 Å². The van der Waals surface area contributed by atoms with Crippen LogP contribution in [0.4, 0.5) is 0 Å². The molecule has 0 fully saturated rings. The van der Waals surface area contributed by atoms with E-state index in [0.717, 1.165) is 0 Å². The van der Waals surface area contributed by atoms with Gasteiger partial charge in [0.15, 0.2) is 5.76 Å². The highest BCUT2D eigenvalue weighted by Crippen LogP contribution is 2.22. The summed E-state index contributed by atoms with van der Waals surface area (Å²) in [5.74, 6) is -2.04. The summed E-state index contributed by atoms with van der Waals surface area (Å²) in [5.41, 5.74) is 4.95. The Hall–Kier alpha value is -2.17. The first-order valence-electron chi connectivity index (χ1n) is 3.86. The van der Waals surface area contributed by atoms with E-state index >= 15 is 0 Å². The molecule has 0 amide bonds. The van der Waals surface area contributed by atoms with Gasteiger partial charge in [0.2, 0.25) is 5.78 Å². The van der Waals surface area contributed by atoms with Crippen LogP contribution in [0.2, 0.25) is 0 Å². The summed E-state index contributed by atoms with van der Waals surface area (Å²) in [6, 6.07) is 2.93. The van der Waals surface area contributed by atoms with Gasteiger partial charge in [0.1, 0.15) is 11.4 Å². The van der Waals surface area contributed by atoms with Crippen LogP contribution in [0.1, 0.15) is 16.1 Å². The number of carbonyl (C=O) groups is 2. The minimum Gasteiger partial charge on any atom is -0.504 e. The quantitative estimate of drug-likeness (QED) is 0.563. The minimum atomic E-state index is -0.886. The predicted molar refractivity (Wildman–Crippen MR) is 47.3 cm³/mol. The third kappa shape index (κ3) is 0.922. The lowest BCUT2D eigenvalue weighted by Gasteiger charge is -2.13. The van der Waals surface area contributed by atoms with Crippen LogP contribution >= 0.6 is 0 Å². The number of ketones is 2. The van der Waals surface area contributed by atoms with E-state index in [1.165, 1.54) is 18.3 Å². The van der Waals surface area contributed by atoms with E-state index in [2.05, 4.69) is 4.98 Å². The van der Waals surface area contributed by atoms with Crippen molar-refractivity contribution in [2.24, 2.45) is 5.73 Å². The number of pyridine rings is 1. The Morgan fingerprint density at radius 2 is 2.00 bits per heavy atom. The number of Topliss-reactive ketones (excluding diaryl/α,β-unsaturated/α-hetero) is 2. The second-order valence-corrected chi connectivity index (χ2v) is 2.82. The molecule has 0 saturated heterocycles. The van der Waals surface area contributed by atoms with Gasteiger partial charge in [-0.15, -0.1) is 0 Å². The van der Waals surface area contributed by atoms with Crippen LogP contribution in [0, 0.1) is 0 Å². The number of hydrogen-bond donors (Lipinski definition) is 2. The fourth-order valence-electron chi connectivity index (χ4n) is 1.26. The number of rotatable bonds is 0. The molecule has 3 N–H and O–H groups in total. The number of aliphatic hydroxyl groups is 1. The largest absolute Gasteiger partial charge is 0.504 e. The lowest BCUT2D eigenvalue weighted by atomic mass is 9.96. The first-order chi connectivity index (χ1) is 6.63. The van der Waals surface area contributed by atoms with E-state index in [-0.39, 0.29) is 11.3 Å². The molecule has 0 saturated carbocycles. The molecule has 5 nitrogen and oxygen atoms in total. The molecule has 1 aliphatic rings. The van der Waals surface area contributed by atoms with Crippen LogP contribution in [0.5, 0.6) is 0 Å². The molecule has 1 aliphatic carbocycles. The van der Waals surface area contributed by atoms with Crippen molar-refractivity contribution in [3.63, 3.8) is 0 Å². The number of nitrogens with two attached hydrogens (primary N) is 1. The van der Waals surface area contributed by atoms with Crippen molar-refractivity contribution >= 4 is 17.3 Å². The molecule has 14 heavy (non-hydrogen) atoms. The zero-order valence-electron chi connectivity index (χ0n) is 7.02. The molecular formula is C9H6N2O3. The lowest BCUT2D eigenvalue weighted by molar-refractivity contribution is -0.112. The Labute approximate surface area is 78.9 Å². The molecule has 0 aromatic carbocycles. The van der Waals surface area contributed by atoms with E-state index < -0.39 is 23.0 Å². The summed E-state index contributed by atoms with van der Waals surface area (Å²) >= 11 is 0. The van der Waals surface area contributed by atoms with Gasteiger partial charge in [-0.2, -0.15) is 0 Å². The van der Waals surface area contributed by atoms with Crippen molar-refractivity contribution in [3.8, 4) is 0 Å². The Morgan fingerprint density at radius 1 is 1.29 bits per heavy atom. The van der Waals surface area contributed by atoms with Crippen LogP contribution in [-0.2, 0) is 4.79 Å². The highest BCUT2D eigenvalue weighted by molar-refractivity contribution is 6.51. The fourth-order valence-corrected chi connectivity index (χ4v) is 1.26. The molecule has 1 aromatic rings. The zero-order chi connectivity index (χ0) is 10.3. The van der Waals surface area contributed by atoms with Gasteiger partial charge >= 0.3 is 0 Å². The highest BCUT2D eigenvalue weighted by atomic mass is 16.3. The van der Waals surface area contributed by atoms with Crippen LogP contribution in [0.3, 0.4) is 0 Å². The summed E-state index contributed by atoms with van der Waals surface area (Å²) in [7, 11) is 0. The number of carbonyl (C=O) groups excluding carboxylic acids is 2. The molecule has 0 atom stereocenters. The number of aromatic nitrogens is 1. The van der Waals surface area contributed by atoms with Crippen LogP contribution < -0.4 is 5.73 Å². The van der Waals surface area contributed by atoms with Crippen molar-refractivity contribution < 1.29 is 14.7 Å². The van der Waals surface area contributed by atoms with Crippen LogP contribution in [-0.4, -0.2) is 21.7 Å². The first-order valence-corrected chi connectivity index (χ1v) is 3.86. The van der Waals surface area contributed by atoms with E-state index in [4.69, 9.17) is 5.73 Å². The molecule has 0 radical (unpaired) electrons. The standard InChI is InChI=1S/C9H6N2O3/c10-5-8(13)6-4(2-1-3-11-6)7(12)9(5)14/h1-3,13H,10H2. The number of hydrogen-bond acceptors (Lipinski definition) is 5. The summed E-state index contributed by atoms with van der Waals surface area (Å²) < 4.78 is 0. The van der Waals surface area contributed by atoms with Gasteiger partial charge in [0.05, 0.1) is 5.56 Å². The lowest BCUT2D eigenvalue weighted by Crippen LogP contribution is -2.28. The topological polar surface area (TPSA) is 93.3 Å². The molecule has 5 heteroatoms. The van der Waals surface area contributed by atoms with Crippen molar-refractivity contribution in [1.29, 1.82) is 0 Å². The normalized spacial score (nSPS) is 15.7. The molecule has 70 valence electrons. The summed E-state index contributed by atoms with van der Waals surface area (Å²) in [4.78, 5) is 26.3.